The summed E-state index contributed by atoms with van der Waals surface area (Å²) < 4.78 is 15.7. The summed E-state index contributed by atoms with van der Waals surface area (Å²) in [6.07, 6.45) is 0. The number of benzene rings is 1. The Morgan fingerprint density at radius 3 is 2.35 bits per heavy atom. The Hall–Kier alpha value is -0.710. The maximum Gasteiger partial charge on any atom is 0.118 e. The molecule has 0 spiro atoms. The number of rotatable bonds is 9. The summed E-state index contributed by atoms with van der Waals surface area (Å²) in [4.78, 5) is 1.24. The predicted molar refractivity (Wildman–Crippen MR) is 71.0 cm³/mol. The quantitative estimate of drug-likeness (QED) is 0.501. The fraction of sp³-hybridized carbons (Fsp3) is 0.538. The van der Waals surface area contributed by atoms with Gasteiger partial charge in [-0.2, -0.15) is 0 Å². The molecule has 0 atom stereocenters. The molecule has 1 aromatic rings. The number of hydrogen-bond donors (Lipinski definition) is 0. The van der Waals surface area contributed by atoms with Crippen molar-refractivity contribution in [1.82, 2.24) is 0 Å². The Labute approximate surface area is 107 Å². The summed E-state index contributed by atoms with van der Waals surface area (Å²) in [5.41, 5.74) is 0. The van der Waals surface area contributed by atoms with Crippen molar-refractivity contribution < 1.29 is 14.2 Å². The van der Waals surface area contributed by atoms with Gasteiger partial charge >= 0.3 is 0 Å². The first-order valence-corrected chi connectivity index (χ1v) is 6.77. The standard InChI is InChI=1S/C13H20O3S/c1-3-15-8-9-16-10-11-17-13-6-4-12(14-2)5-7-13/h4-7H,3,8-11H2,1-2H3. The predicted octanol–water partition coefficient (Wildman–Crippen LogP) is 2.84. The third-order valence-corrected chi connectivity index (χ3v) is 3.11. The molecule has 0 saturated heterocycles. The fourth-order valence-corrected chi connectivity index (χ4v) is 2.02. The molecule has 17 heavy (non-hydrogen) atoms. The second-order valence-corrected chi connectivity index (χ2v) is 4.50. The van der Waals surface area contributed by atoms with Gasteiger partial charge in [0.25, 0.3) is 0 Å². The molecule has 3 nitrogen and oxygen atoms in total. The van der Waals surface area contributed by atoms with Crippen LogP contribution < -0.4 is 4.74 Å². The fourth-order valence-electron chi connectivity index (χ4n) is 1.25. The van der Waals surface area contributed by atoms with Crippen LogP contribution in [0, 0.1) is 0 Å². The second-order valence-electron chi connectivity index (χ2n) is 3.33. The second kappa shape index (κ2) is 9.33. The first kappa shape index (κ1) is 14.4. The van der Waals surface area contributed by atoms with Crippen LogP contribution in [-0.4, -0.2) is 39.3 Å². The van der Waals surface area contributed by atoms with Crippen LogP contribution in [0.5, 0.6) is 5.75 Å². The molecule has 1 aromatic carbocycles. The van der Waals surface area contributed by atoms with Gasteiger partial charge in [-0.25, -0.2) is 0 Å². The Bertz CT molecular complexity index is 287. The lowest BCUT2D eigenvalue weighted by Gasteiger charge is -2.05. The molecule has 1 rings (SSSR count). The van der Waals surface area contributed by atoms with Gasteiger partial charge in [-0.15, -0.1) is 11.8 Å². The molecule has 0 aliphatic carbocycles. The van der Waals surface area contributed by atoms with Crippen molar-refractivity contribution in [2.45, 2.75) is 11.8 Å². The molecule has 0 N–H and O–H groups in total. The van der Waals surface area contributed by atoms with Gasteiger partial charge in [0.15, 0.2) is 0 Å². The van der Waals surface area contributed by atoms with E-state index < -0.39 is 0 Å². The van der Waals surface area contributed by atoms with E-state index in [0.29, 0.717) is 13.2 Å². The third kappa shape index (κ3) is 6.56. The Morgan fingerprint density at radius 2 is 1.71 bits per heavy atom. The van der Waals surface area contributed by atoms with Crippen LogP contribution in [0.4, 0.5) is 0 Å². The van der Waals surface area contributed by atoms with E-state index >= 15 is 0 Å². The molecule has 0 amide bonds. The van der Waals surface area contributed by atoms with Crippen molar-refractivity contribution in [2.75, 3.05) is 39.3 Å². The number of thioether (sulfide) groups is 1. The molecule has 0 fully saturated rings. The molecule has 0 aliphatic heterocycles. The van der Waals surface area contributed by atoms with E-state index in [4.69, 9.17) is 14.2 Å². The molecule has 0 bridgehead atoms. The molecule has 0 saturated carbocycles. The van der Waals surface area contributed by atoms with Crippen molar-refractivity contribution >= 4 is 11.8 Å². The van der Waals surface area contributed by atoms with Crippen LogP contribution in [0.25, 0.3) is 0 Å². The van der Waals surface area contributed by atoms with Crippen LogP contribution in [-0.2, 0) is 9.47 Å². The molecular formula is C13H20O3S. The number of methoxy groups -OCH3 is 1. The van der Waals surface area contributed by atoms with Gasteiger partial charge in [-0.05, 0) is 31.2 Å². The topological polar surface area (TPSA) is 27.7 Å². The zero-order chi connectivity index (χ0) is 12.3. The summed E-state index contributed by atoms with van der Waals surface area (Å²) in [7, 11) is 1.67. The lowest BCUT2D eigenvalue weighted by molar-refractivity contribution is 0.0594. The van der Waals surface area contributed by atoms with Crippen molar-refractivity contribution in [3.63, 3.8) is 0 Å². The number of hydrogen-bond acceptors (Lipinski definition) is 4. The van der Waals surface area contributed by atoms with E-state index in [9.17, 15) is 0 Å². The minimum absolute atomic E-state index is 0.678. The van der Waals surface area contributed by atoms with Gasteiger partial charge in [0.2, 0.25) is 0 Å². The van der Waals surface area contributed by atoms with E-state index in [1.54, 1.807) is 18.9 Å². The SMILES string of the molecule is CCOCCOCCSc1ccc(OC)cc1. The van der Waals surface area contributed by atoms with E-state index in [1.807, 2.05) is 19.1 Å². The summed E-state index contributed by atoms with van der Waals surface area (Å²) in [5.74, 6) is 1.85. The molecular weight excluding hydrogens is 236 g/mol. The monoisotopic (exact) mass is 256 g/mol. The summed E-state index contributed by atoms with van der Waals surface area (Å²) in [5, 5.41) is 0. The minimum atomic E-state index is 0.678. The maximum atomic E-state index is 5.43. The van der Waals surface area contributed by atoms with Gasteiger partial charge in [-0.3, -0.25) is 0 Å². The molecule has 0 unspecified atom stereocenters. The third-order valence-electron chi connectivity index (χ3n) is 2.13. The van der Waals surface area contributed by atoms with Gasteiger partial charge in [0.05, 0.1) is 26.9 Å². The molecule has 4 heteroatoms. The first-order valence-electron chi connectivity index (χ1n) is 5.79. The summed E-state index contributed by atoms with van der Waals surface area (Å²) >= 11 is 1.78. The highest BCUT2D eigenvalue weighted by molar-refractivity contribution is 7.99. The normalized spacial score (nSPS) is 10.5. The molecule has 0 heterocycles. The van der Waals surface area contributed by atoms with Crippen molar-refractivity contribution in [1.29, 1.82) is 0 Å². The van der Waals surface area contributed by atoms with E-state index in [2.05, 4.69) is 12.1 Å². The summed E-state index contributed by atoms with van der Waals surface area (Å²) in [6, 6.07) is 8.06. The zero-order valence-electron chi connectivity index (χ0n) is 10.5. The first-order chi connectivity index (χ1) is 8.36. The maximum absolute atomic E-state index is 5.43. The minimum Gasteiger partial charge on any atom is -0.497 e. The summed E-state index contributed by atoms with van der Waals surface area (Å²) in [6.45, 7) is 4.86. The van der Waals surface area contributed by atoms with E-state index in [-0.39, 0.29) is 0 Å². The largest absolute Gasteiger partial charge is 0.497 e. The van der Waals surface area contributed by atoms with Gasteiger partial charge < -0.3 is 14.2 Å². The lowest BCUT2D eigenvalue weighted by atomic mass is 10.3. The van der Waals surface area contributed by atoms with Gasteiger partial charge in [0.1, 0.15) is 5.75 Å². The van der Waals surface area contributed by atoms with Crippen LogP contribution in [0.3, 0.4) is 0 Å². The van der Waals surface area contributed by atoms with Crippen molar-refractivity contribution in [3.05, 3.63) is 24.3 Å². The van der Waals surface area contributed by atoms with Crippen LogP contribution in [0.2, 0.25) is 0 Å². The lowest BCUT2D eigenvalue weighted by Crippen LogP contribution is -2.06. The average Bonchev–Trinajstić information content (AvgIpc) is 2.38. The van der Waals surface area contributed by atoms with Gasteiger partial charge in [0, 0.05) is 17.3 Å². The van der Waals surface area contributed by atoms with Crippen molar-refractivity contribution in [3.8, 4) is 5.75 Å². The van der Waals surface area contributed by atoms with Crippen LogP contribution in [0.15, 0.2) is 29.2 Å². The Balaban J connectivity index is 2.05. The highest BCUT2D eigenvalue weighted by Gasteiger charge is 1.95. The van der Waals surface area contributed by atoms with E-state index in [1.165, 1.54) is 4.90 Å². The molecule has 0 aliphatic rings. The highest BCUT2D eigenvalue weighted by Crippen LogP contribution is 2.20. The average molecular weight is 256 g/mol. The number of ether oxygens (including phenoxy) is 3. The molecule has 0 aromatic heterocycles. The molecule has 0 radical (unpaired) electrons. The Kier molecular flexibility index (Phi) is 7.88. The van der Waals surface area contributed by atoms with Gasteiger partial charge in [-0.1, -0.05) is 0 Å². The van der Waals surface area contributed by atoms with Crippen LogP contribution in [0.1, 0.15) is 6.92 Å². The van der Waals surface area contributed by atoms with Crippen LogP contribution >= 0.6 is 11.8 Å². The highest BCUT2D eigenvalue weighted by atomic mass is 32.2. The van der Waals surface area contributed by atoms with Crippen molar-refractivity contribution in [2.24, 2.45) is 0 Å². The van der Waals surface area contributed by atoms with E-state index in [0.717, 1.165) is 24.7 Å². The Morgan fingerprint density at radius 1 is 1.00 bits per heavy atom. The molecule has 96 valence electrons. The zero-order valence-corrected chi connectivity index (χ0v) is 11.3. The smallest absolute Gasteiger partial charge is 0.118 e.